The van der Waals surface area contributed by atoms with Crippen molar-refractivity contribution in [2.24, 2.45) is 5.73 Å². The maximum Gasteiger partial charge on any atom is 0.472 e. The van der Waals surface area contributed by atoms with Crippen LogP contribution in [-0.2, 0) is 32.7 Å². The lowest BCUT2D eigenvalue weighted by atomic mass is 10.0. The summed E-state index contributed by atoms with van der Waals surface area (Å²) in [6, 6.07) is 0. The highest BCUT2D eigenvalue weighted by atomic mass is 31.2. The van der Waals surface area contributed by atoms with Crippen molar-refractivity contribution in [1.29, 1.82) is 0 Å². The number of phosphoric ester groups is 1. The molecule has 0 amide bonds. The molecule has 0 spiro atoms. The fraction of sp³-hybridized carbons (Fsp3) is 0.686. The van der Waals surface area contributed by atoms with Gasteiger partial charge in [0.05, 0.1) is 13.2 Å². The zero-order valence-corrected chi connectivity index (χ0v) is 39.5. The van der Waals surface area contributed by atoms with E-state index in [1.54, 1.807) is 0 Å². The van der Waals surface area contributed by atoms with E-state index < -0.39 is 32.5 Å². The zero-order chi connectivity index (χ0) is 44.6. The van der Waals surface area contributed by atoms with Crippen LogP contribution in [0.4, 0.5) is 0 Å². The lowest BCUT2D eigenvalue weighted by Crippen LogP contribution is -2.29. The number of carbonyl (C=O) groups excluding carboxylic acids is 2. The highest BCUT2D eigenvalue weighted by molar-refractivity contribution is 7.47. The van der Waals surface area contributed by atoms with Crippen LogP contribution in [0, 0.1) is 0 Å². The van der Waals surface area contributed by atoms with Gasteiger partial charge in [0.25, 0.3) is 0 Å². The first-order valence-corrected chi connectivity index (χ1v) is 25.6. The molecular weight excluding hydrogens is 786 g/mol. The number of phosphoric acid groups is 1. The first-order chi connectivity index (χ1) is 29.8. The molecular formula is C51H88NO8P. The van der Waals surface area contributed by atoms with Gasteiger partial charge in [0.1, 0.15) is 6.61 Å². The van der Waals surface area contributed by atoms with Crippen LogP contribution in [0.2, 0.25) is 0 Å². The van der Waals surface area contributed by atoms with E-state index in [-0.39, 0.29) is 32.6 Å². The molecule has 350 valence electrons. The summed E-state index contributed by atoms with van der Waals surface area (Å²) in [7, 11) is -4.40. The monoisotopic (exact) mass is 874 g/mol. The summed E-state index contributed by atoms with van der Waals surface area (Å²) in [5.74, 6) is -0.930. The van der Waals surface area contributed by atoms with Crippen LogP contribution in [0.15, 0.2) is 85.1 Å². The van der Waals surface area contributed by atoms with Gasteiger partial charge >= 0.3 is 19.8 Å². The quantitative estimate of drug-likeness (QED) is 0.0265. The Kier molecular flexibility index (Phi) is 44.5. The molecule has 0 aliphatic rings. The van der Waals surface area contributed by atoms with Gasteiger partial charge < -0.3 is 20.1 Å². The third kappa shape index (κ3) is 46.5. The van der Waals surface area contributed by atoms with Gasteiger partial charge in [-0.3, -0.25) is 18.6 Å². The second-order valence-corrected chi connectivity index (χ2v) is 17.0. The number of allylic oxidation sites excluding steroid dienone is 14. The van der Waals surface area contributed by atoms with Crippen LogP contribution in [-0.4, -0.2) is 49.3 Å². The van der Waals surface area contributed by atoms with Crippen molar-refractivity contribution < 1.29 is 37.6 Å². The number of unbranched alkanes of at least 4 members (excludes halogenated alkanes) is 17. The van der Waals surface area contributed by atoms with Crippen LogP contribution in [0.3, 0.4) is 0 Å². The van der Waals surface area contributed by atoms with Crippen molar-refractivity contribution in [3.8, 4) is 0 Å². The van der Waals surface area contributed by atoms with Gasteiger partial charge in [0.2, 0.25) is 0 Å². The van der Waals surface area contributed by atoms with Crippen LogP contribution < -0.4 is 5.73 Å². The summed E-state index contributed by atoms with van der Waals surface area (Å²) in [5.41, 5.74) is 5.35. The van der Waals surface area contributed by atoms with E-state index in [4.69, 9.17) is 24.3 Å². The summed E-state index contributed by atoms with van der Waals surface area (Å²) in [4.78, 5) is 34.9. The fourth-order valence-corrected chi connectivity index (χ4v) is 7.01. The Morgan fingerprint density at radius 2 is 0.934 bits per heavy atom. The minimum absolute atomic E-state index is 0.0388. The van der Waals surface area contributed by atoms with Crippen molar-refractivity contribution in [1.82, 2.24) is 0 Å². The molecule has 0 aromatic carbocycles. The fourth-order valence-electron chi connectivity index (χ4n) is 6.24. The summed E-state index contributed by atoms with van der Waals surface area (Å²) >= 11 is 0. The number of carbonyl (C=O) groups is 2. The van der Waals surface area contributed by atoms with E-state index in [1.165, 1.54) is 96.3 Å². The second kappa shape index (κ2) is 46.7. The molecule has 0 aromatic rings. The summed E-state index contributed by atoms with van der Waals surface area (Å²) in [5, 5.41) is 0. The van der Waals surface area contributed by atoms with Gasteiger partial charge in [-0.1, -0.05) is 189 Å². The third-order valence-electron chi connectivity index (χ3n) is 9.78. The van der Waals surface area contributed by atoms with Crippen LogP contribution >= 0.6 is 7.82 Å². The van der Waals surface area contributed by atoms with Crippen LogP contribution in [0.5, 0.6) is 0 Å². The Morgan fingerprint density at radius 3 is 1.41 bits per heavy atom. The van der Waals surface area contributed by atoms with Crippen LogP contribution in [0.1, 0.15) is 194 Å². The summed E-state index contributed by atoms with van der Waals surface area (Å²) < 4.78 is 32.7. The predicted octanol–water partition coefficient (Wildman–Crippen LogP) is 14.4. The van der Waals surface area contributed by atoms with E-state index in [0.717, 1.165) is 64.2 Å². The van der Waals surface area contributed by atoms with Gasteiger partial charge in [-0.15, -0.1) is 0 Å². The minimum atomic E-state index is -4.40. The average Bonchev–Trinajstić information content (AvgIpc) is 3.25. The number of esters is 2. The van der Waals surface area contributed by atoms with E-state index in [0.29, 0.717) is 6.42 Å². The molecule has 0 radical (unpaired) electrons. The molecule has 0 rings (SSSR count). The molecule has 0 aliphatic heterocycles. The van der Waals surface area contributed by atoms with Gasteiger partial charge in [-0.05, 0) is 77.0 Å². The molecule has 0 aromatic heterocycles. The van der Waals surface area contributed by atoms with Gasteiger partial charge in [-0.2, -0.15) is 0 Å². The normalized spacial score (nSPS) is 14.0. The summed E-state index contributed by atoms with van der Waals surface area (Å²) in [6.45, 7) is 3.51. The molecule has 3 N–H and O–H groups in total. The van der Waals surface area contributed by atoms with E-state index >= 15 is 0 Å². The van der Waals surface area contributed by atoms with Crippen molar-refractivity contribution in [2.75, 3.05) is 26.4 Å². The van der Waals surface area contributed by atoms with E-state index in [1.807, 2.05) is 12.2 Å². The maximum absolute atomic E-state index is 12.5. The molecule has 2 unspecified atom stereocenters. The first kappa shape index (κ1) is 58.2. The van der Waals surface area contributed by atoms with E-state index in [9.17, 15) is 19.0 Å². The lowest BCUT2D eigenvalue weighted by molar-refractivity contribution is -0.161. The standard InChI is InChI=1S/C51H88NO8P/c1-3-5-7-9-11-13-15-17-18-19-20-21-22-23-24-25-26-27-28-29-30-32-33-35-37-39-41-43-50(53)57-47-49(48-59-61(55,56)58-46-45-52)60-51(54)44-42-40-38-36-34-31-16-14-12-10-8-6-4-2/h6,8,12,14-15,17,19-20,22-23,31,34,38,40,49H,3-5,7,9-11,13,16,18,21,24-30,32-33,35-37,39,41-48,52H2,1-2H3,(H,55,56)/b8-6-,14-12-,17-15-,20-19-,23-22-,34-31-,40-38-. The Balaban J connectivity index is 4.06. The highest BCUT2D eigenvalue weighted by Crippen LogP contribution is 2.43. The maximum atomic E-state index is 12.5. The molecule has 0 saturated heterocycles. The van der Waals surface area contributed by atoms with Crippen LogP contribution in [0.25, 0.3) is 0 Å². The molecule has 10 heteroatoms. The Labute approximate surface area is 373 Å². The number of nitrogens with two attached hydrogens (primary N) is 1. The molecule has 0 heterocycles. The van der Waals surface area contributed by atoms with Crippen molar-refractivity contribution in [3.63, 3.8) is 0 Å². The van der Waals surface area contributed by atoms with Gasteiger partial charge in [0, 0.05) is 19.4 Å². The molecule has 0 saturated carbocycles. The van der Waals surface area contributed by atoms with Crippen molar-refractivity contribution in [3.05, 3.63) is 85.1 Å². The molecule has 9 nitrogen and oxygen atoms in total. The number of hydrogen-bond acceptors (Lipinski definition) is 8. The van der Waals surface area contributed by atoms with E-state index in [2.05, 4.69) is 86.8 Å². The lowest BCUT2D eigenvalue weighted by Gasteiger charge is -2.19. The third-order valence-corrected chi connectivity index (χ3v) is 10.8. The zero-order valence-electron chi connectivity index (χ0n) is 38.6. The number of hydrogen-bond donors (Lipinski definition) is 2. The molecule has 2 atom stereocenters. The van der Waals surface area contributed by atoms with Gasteiger partial charge in [0.15, 0.2) is 6.10 Å². The second-order valence-electron chi connectivity index (χ2n) is 15.6. The number of ether oxygens (including phenoxy) is 2. The smallest absolute Gasteiger partial charge is 0.462 e. The summed E-state index contributed by atoms with van der Waals surface area (Å²) in [6.07, 6.45) is 59.4. The average molecular weight is 874 g/mol. The minimum Gasteiger partial charge on any atom is -0.462 e. The number of rotatable bonds is 44. The Bertz CT molecular complexity index is 1270. The first-order valence-electron chi connectivity index (χ1n) is 24.1. The Hall–Kier alpha value is -2.81. The molecule has 0 bridgehead atoms. The van der Waals surface area contributed by atoms with Crippen molar-refractivity contribution in [2.45, 2.75) is 200 Å². The van der Waals surface area contributed by atoms with Gasteiger partial charge in [-0.25, -0.2) is 4.57 Å². The largest absolute Gasteiger partial charge is 0.472 e. The Morgan fingerprint density at radius 1 is 0.508 bits per heavy atom. The van der Waals surface area contributed by atoms with Crippen molar-refractivity contribution >= 4 is 19.8 Å². The molecule has 0 fully saturated rings. The topological polar surface area (TPSA) is 134 Å². The highest BCUT2D eigenvalue weighted by Gasteiger charge is 2.25. The molecule has 61 heavy (non-hydrogen) atoms. The molecule has 0 aliphatic carbocycles. The SMILES string of the molecule is CC/C=C\C/C=C\C/C=C\C/C=C\CCC(=O)OC(COC(=O)CCCCCCCCCCCCCC/C=C\C/C=C\C/C=C\CCCCCCC)COP(=O)(O)OCCN. The predicted molar refractivity (Wildman–Crippen MR) is 256 cm³/mol.